The van der Waals surface area contributed by atoms with Crippen LogP contribution in [0, 0.1) is 0 Å². The van der Waals surface area contributed by atoms with Gasteiger partial charge in [-0.05, 0) is 12.1 Å². The standard InChI is InChI=1S/C11H13NO4/c1-14-7-3-4-8(10(5-7)15-2)9-6-16-11(13)12-9/h3-5,9H,6H2,1-2H3,(H,12,13)/t9-/m0/s1. The van der Waals surface area contributed by atoms with Crippen LogP contribution in [0.3, 0.4) is 0 Å². The lowest BCUT2D eigenvalue weighted by Crippen LogP contribution is -2.18. The van der Waals surface area contributed by atoms with Crippen molar-refractivity contribution in [2.45, 2.75) is 6.04 Å². The Labute approximate surface area is 93.3 Å². The lowest BCUT2D eigenvalue weighted by Gasteiger charge is -2.13. The molecule has 1 saturated heterocycles. The van der Waals surface area contributed by atoms with Crippen molar-refractivity contribution >= 4 is 6.09 Å². The molecule has 0 saturated carbocycles. The van der Waals surface area contributed by atoms with E-state index >= 15 is 0 Å². The minimum absolute atomic E-state index is 0.159. The number of cyclic esters (lactones) is 1. The van der Waals surface area contributed by atoms with Gasteiger partial charge in [0.2, 0.25) is 0 Å². The maximum absolute atomic E-state index is 11.0. The second-order valence-corrected chi connectivity index (χ2v) is 3.40. The molecule has 16 heavy (non-hydrogen) atoms. The fourth-order valence-corrected chi connectivity index (χ4v) is 1.66. The molecule has 5 nitrogen and oxygen atoms in total. The zero-order chi connectivity index (χ0) is 11.5. The average Bonchev–Trinajstić information content (AvgIpc) is 2.74. The first-order chi connectivity index (χ1) is 7.74. The number of hydrogen-bond donors (Lipinski definition) is 1. The van der Waals surface area contributed by atoms with E-state index in [1.807, 2.05) is 12.1 Å². The Morgan fingerprint density at radius 1 is 1.38 bits per heavy atom. The molecular weight excluding hydrogens is 210 g/mol. The van der Waals surface area contributed by atoms with Crippen LogP contribution in [0.1, 0.15) is 11.6 Å². The Hall–Kier alpha value is -1.91. The van der Waals surface area contributed by atoms with E-state index in [1.165, 1.54) is 0 Å². The van der Waals surface area contributed by atoms with Crippen molar-refractivity contribution in [1.29, 1.82) is 0 Å². The number of hydrogen-bond acceptors (Lipinski definition) is 4. The number of alkyl carbamates (subject to hydrolysis) is 1. The normalized spacial score (nSPS) is 18.9. The molecule has 0 unspecified atom stereocenters. The summed E-state index contributed by atoms with van der Waals surface area (Å²) in [5.74, 6) is 1.39. The Kier molecular flexibility index (Phi) is 2.85. The highest BCUT2D eigenvalue weighted by molar-refractivity contribution is 5.70. The first kappa shape index (κ1) is 10.6. The molecule has 1 fully saturated rings. The largest absolute Gasteiger partial charge is 0.497 e. The van der Waals surface area contributed by atoms with Crippen LogP contribution in [0.5, 0.6) is 11.5 Å². The van der Waals surface area contributed by atoms with Gasteiger partial charge in [0.25, 0.3) is 0 Å². The van der Waals surface area contributed by atoms with Gasteiger partial charge in [-0.1, -0.05) is 0 Å². The third-order valence-electron chi connectivity index (χ3n) is 2.49. The summed E-state index contributed by atoms with van der Waals surface area (Å²) in [7, 11) is 3.17. The summed E-state index contributed by atoms with van der Waals surface area (Å²) in [5.41, 5.74) is 0.883. The maximum atomic E-state index is 11.0. The van der Waals surface area contributed by atoms with Gasteiger partial charge >= 0.3 is 6.09 Å². The van der Waals surface area contributed by atoms with Crippen molar-refractivity contribution in [2.75, 3.05) is 20.8 Å². The summed E-state index contributed by atoms with van der Waals surface area (Å²) in [6, 6.07) is 5.30. The molecule has 5 heteroatoms. The smallest absolute Gasteiger partial charge is 0.407 e. The van der Waals surface area contributed by atoms with Gasteiger partial charge in [-0.2, -0.15) is 0 Å². The summed E-state index contributed by atoms with van der Waals surface area (Å²) in [6.07, 6.45) is -0.400. The molecule has 1 aromatic rings. The van der Waals surface area contributed by atoms with Crippen LogP contribution in [-0.4, -0.2) is 26.9 Å². The van der Waals surface area contributed by atoms with Crippen LogP contribution < -0.4 is 14.8 Å². The number of carbonyl (C=O) groups is 1. The molecular formula is C11H13NO4. The molecule has 1 aliphatic heterocycles. The summed E-state index contributed by atoms with van der Waals surface area (Å²) in [6.45, 7) is 0.321. The third-order valence-corrected chi connectivity index (χ3v) is 2.49. The van der Waals surface area contributed by atoms with Crippen molar-refractivity contribution in [3.63, 3.8) is 0 Å². The minimum atomic E-state index is -0.400. The summed E-state index contributed by atoms with van der Waals surface area (Å²) < 4.78 is 15.2. The topological polar surface area (TPSA) is 56.8 Å². The predicted octanol–water partition coefficient (Wildman–Crippen LogP) is 1.48. The second kappa shape index (κ2) is 4.30. The third kappa shape index (κ3) is 1.88. The number of carbonyl (C=O) groups excluding carboxylic acids is 1. The molecule has 0 radical (unpaired) electrons. The monoisotopic (exact) mass is 223 g/mol. The van der Waals surface area contributed by atoms with Gasteiger partial charge in [-0.15, -0.1) is 0 Å². The number of amides is 1. The van der Waals surface area contributed by atoms with E-state index in [9.17, 15) is 4.79 Å². The lowest BCUT2D eigenvalue weighted by atomic mass is 10.1. The summed E-state index contributed by atoms with van der Waals surface area (Å²) >= 11 is 0. The average molecular weight is 223 g/mol. The zero-order valence-corrected chi connectivity index (χ0v) is 9.15. The first-order valence-corrected chi connectivity index (χ1v) is 4.90. The van der Waals surface area contributed by atoms with Gasteiger partial charge in [0.05, 0.1) is 20.3 Å². The summed E-state index contributed by atoms with van der Waals surface area (Å²) in [5, 5.41) is 2.70. The van der Waals surface area contributed by atoms with Gasteiger partial charge in [0.1, 0.15) is 18.1 Å². The number of nitrogens with one attached hydrogen (secondary N) is 1. The molecule has 1 amide bonds. The van der Waals surface area contributed by atoms with E-state index in [-0.39, 0.29) is 6.04 Å². The van der Waals surface area contributed by atoms with E-state index in [1.54, 1.807) is 20.3 Å². The van der Waals surface area contributed by atoms with Gasteiger partial charge < -0.3 is 19.5 Å². The predicted molar refractivity (Wildman–Crippen MR) is 56.8 cm³/mol. The number of ether oxygens (including phenoxy) is 3. The van der Waals surface area contributed by atoms with Crippen molar-refractivity contribution in [2.24, 2.45) is 0 Å². The molecule has 2 rings (SSSR count). The molecule has 1 aromatic carbocycles. The molecule has 1 N–H and O–H groups in total. The molecule has 0 aliphatic carbocycles. The van der Waals surface area contributed by atoms with Crippen LogP contribution in [0.25, 0.3) is 0 Å². The van der Waals surface area contributed by atoms with E-state index in [2.05, 4.69) is 5.32 Å². The zero-order valence-electron chi connectivity index (χ0n) is 9.15. The minimum Gasteiger partial charge on any atom is -0.497 e. The molecule has 1 heterocycles. The Morgan fingerprint density at radius 2 is 2.19 bits per heavy atom. The Morgan fingerprint density at radius 3 is 2.75 bits per heavy atom. The highest BCUT2D eigenvalue weighted by Gasteiger charge is 2.26. The Bertz CT molecular complexity index is 405. The highest BCUT2D eigenvalue weighted by atomic mass is 16.6. The quantitative estimate of drug-likeness (QED) is 0.843. The van der Waals surface area contributed by atoms with Crippen LogP contribution in [0.2, 0.25) is 0 Å². The van der Waals surface area contributed by atoms with Gasteiger partial charge in [0, 0.05) is 11.6 Å². The van der Waals surface area contributed by atoms with E-state index in [4.69, 9.17) is 14.2 Å². The molecule has 0 aromatic heterocycles. The number of benzene rings is 1. The van der Waals surface area contributed by atoms with E-state index in [0.717, 1.165) is 5.56 Å². The number of methoxy groups -OCH3 is 2. The fourth-order valence-electron chi connectivity index (χ4n) is 1.66. The van der Waals surface area contributed by atoms with Gasteiger partial charge in [-0.25, -0.2) is 4.79 Å². The van der Waals surface area contributed by atoms with Crippen molar-refractivity contribution < 1.29 is 19.0 Å². The molecule has 0 spiro atoms. The van der Waals surface area contributed by atoms with E-state index < -0.39 is 6.09 Å². The van der Waals surface area contributed by atoms with Crippen molar-refractivity contribution in [3.05, 3.63) is 23.8 Å². The molecule has 1 atom stereocenters. The van der Waals surface area contributed by atoms with Gasteiger partial charge in [0.15, 0.2) is 0 Å². The van der Waals surface area contributed by atoms with E-state index in [0.29, 0.717) is 18.1 Å². The maximum Gasteiger partial charge on any atom is 0.407 e. The van der Waals surface area contributed by atoms with Crippen LogP contribution in [0.15, 0.2) is 18.2 Å². The molecule has 1 aliphatic rings. The van der Waals surface area contributed by atoms with Crippen LogP contribution in [0.4, 0.5) is 4.79 Å². The SMILES string of the molecule is COc1ccc([C@@H]2COC(=O)N2)c(OC)c1. The fraction of sp³-hybridized carbons (Fsp3) is 0.364. The van der Waals surface area contributed by atoms with Crippen LogP contribution in [-0.2, 0) is 4.74 Å². The summed E-state index contributed by atoms with van der Waals surface area (Å²) in [4.78, 5) is 11.0. The van der Waals surface area contributed by atoms with Crippen molar-refractivity contribution in [3.8, 4) is 11.5 Å². The molecule has 86 valence electrons. The van der Waals surface area contributed by atoms with Gasteiger partial charge in [-0.3, -0.25) is 0 Å². The second-order valence-electron chi connectivity index (χ2n) is 3.40. The number of rotatable bonds is 3. The first-order valence-electron chi connectivity index (χ1n) is 4.90. The van der Waals surface area contributed by atoms with Crippen LogP contribution >= 0.6 is 0 Å². The lowest BCUT2D eigenvalue weighted by molar-refractivity contribution is 0.177. The molecule has 0 bridgehead atoms. The Balaban J connectivity index is 2.29. The van der Waals surface area contributed by atoms with Crippen molar-refractivity contribution in [1.82, 2.24) is 5.32 Å². The highest BCUT2D eigenvalue weighted by Crippen LogP contribution is 2.31.